The molecule has 138 valence electrons. The Morgan fingerprint density at radius 3 is 2.38 bits per heavy atom. The van der Waals surface area contributed by atoms with Crippen LogP contribution in [-0.2, 0) is 4.79 Å². The van der Waals surface area contributed by atoms with E-state index >= 15 is 0 Å². The Bertz CT molecular complexity index is 856. The maximum Gasteiger partial charge on any atom is 0.301 e. The summed E-state index contributed by atoms with van der Waals surface area (Å²) in [5, 5.41) is 38.0. The molecule has 26 heavy (non-hydrogen) atoms. The first-order valence-electron chi connectivity index (χ1n) is 7.69. The number of anilines is 1. The molecular formula is C16H17N4O6-. The Labute approximate surface area is 148 Å². The quantitative estimate of drug-likeness (QED) is 0.480. The smallest absolute Gasteiger partial charge is 0.301 e. The lowest BCUT2D eigenvalue weighted by atomic mass is 9.76. The number of nitro benzene ring substituents is 2. The molecule has 2 rings (SSSR count). The van der Waals surface area contributed by atoms with Gasteiger partial charge in [-0.1, -0.05) is 13.8 Å². The number of non-ortho nitro benzene ring substituents is 1. The van der Waals surface area contributed by atoms with Gasteiger partial charge in [0.25, 0.3) is 5.69 Å². The lowest BCUT2D eigenvalue weighted by Gasteiger charge is -2.34. The Hall–Kier alpha value is -3.30. The average molecular weight is 361 g/mol. The molecule has 0 fully saturated rings. The molecule has 1 aliphatic rings. The number of carbonyl (C=O) groups is 1. The molecule has 0 radical (unpaired) electrons. The maximum atomic E-state index is 12.2. The van der Waals surface area contributed by atoms with E-state index in [1.54, 1.807) is 0 Å². The van der Waals surface area contributed by atoms with E-state index in [4.69, 9.17) is 0 Å². The zero-order valence-corrected chi connectivity index (χ0v) is 14.4. The predicted octanol–water partition coefficient (Wildman–Crippen LogP) is 2.29. The third-order valence-electron chi connectivity index (χ3n) is 3.93. The van der Waals surface area contributed by atoms with Crippen LogP contribution in [0.25, 0.3) is 0 Å². The normalized spacial score (nSPS) is 17.2. The van der Waals surface area contributed by atoms with Gasteiger partial charge in [-0.05, 0) is 24.8 Å². The molecule has 0 saturated carbocycles. The second-order valence-electron chi connectivity index (χ2n) is 6.76. The highest BCUT2D eigenvalue weighted by molar-refractivity contribution is 6.22. The summed E-state index contributed by atoms with van der Waals surface area (Å²) < 4.78 is 0. The number of ketones is 1. The van der Waals surface area contributed by atoms with Gasteiger partial charge in [0.15, 0.2) is 5.78 Å². The molecule has 0 bridgehead atoms. The number of nitrogens with zero attached hydrogens (tertiary/aromatic N) is 3. The minimum Gasteiger partial charge on any atom is -0.875 e. The molecule has 1 aromatic rings. The summed E-state index contributed by atoms with van der Waals surface area (Å²) in [4.78, 5) is 32.5. The van der Waals surface area contributed by atoms with Gasteiger partial charge in [-0.25, -0.2) is 0 Å². The lowest BCUT2D eigenvalue weighted by molar-refractivity contribution is -0.393. The summed E-state index contributed by atoms with van der Waals surface area (Å²) in [5.74, 6) is -0.653. The third kappa shape index (κ3) is 4.02. The van der Waals surface area contributed by atoms with Gasteiger partial charge in [0.05, 0.1) is 21.6 Å². The molecule has 0 atom stereocenters. The molecule has 0 aromatic heterocycles. The van der Waals surface area contributed by atoms with Crippen molar-refractivity contribution >= 4 is 28.6 Å². The fourth-order valence-corrected chi connectivity index (χ4v) is 2.75. The molecule has 1 aliphatic carbocycles. The molecule has 1 aromatic carbocycles. The second kappa shape index (κ2) is 6.90. The van der Waals surface area contributed by atoms with E-state index in [0.717, 1.165) is 18.2 Å². The van der Waals surface area contributed by atoms with E-state index in [9.17, 15) is 30.1 Å². The number of Topliss-reactive ketones (excluding diaryl/α,β-unsaturated/α-hetero) is 1. The van der Waals surface area contributed by atoms with Gasteiger partial charge in [0, 0.05) is 18.1 Å². The van der Waals surface area contributed by atoms with Crippen molar-refractivity contribution in [2.75, 3.05) is 5.43 Å². The Morgan fingerprint density at radius 2 is 1.85 bits per heavy atom. The first kappa shape index (κ1) is 19.0. The van der Waals surface area contributed by atoms with E-state index in [-0.39, 0.29) is 41.4 Å². The molecule has 10 heteroatoms. The minimum absolute atomic E-state index is 0.0265. The van der Waals surface area contributed by atoms with Crippen LogP contribution in [-0.4, -0.2) is 21.3 Å². The van der Waals surface area contributed by atoms with Crippen LogP contribution in [0.3, 0.4) is 0 Å². The predicted molar refractivity (Wildman–Crippen MR) is 91.5 cm³/mol. The summed E-state index contributed by atoms with van der Waals surface area (Å²) in [6.07, 6.45) is 0.414. The number of nitrogens with one attached hydrogen (secondary N) is 1. The number of carbonyl (C=O) groups excluding carboxylic acids is 1. The van der Waals surface area contributed by atoms with Crippen molar-refractivity contribution in [3.63, 3.8) is 0 Å². The summed E-state index contributed by atoms with van der Waals surface area (Å²) in [7, 11) is 0. The number of nitro groups is 2. The van der Waals surface area contributed by atoms with Crippen LogP contribution >= 0.6 is 0 Å². The number of rotatable bonds is 5. The third-order valence-corrected chi connectivity index (χ3v) is 3.93. The summed E-state index contributed by atoms with van der Waals surface area (Å²) in [6.45, 7) is 5.10. The fraction of sp³-hybridized carbons (Fsp3) is 0.375. The number of hydrogen-bond acceptors (Lipinski definition) is 8. The van der Waals surface area contributed by atoms with Gasteiger partial charge < -0.3 is 5.11 Å². The van der Waals surface area contributed by atoms with Crippen molar-refractivity contribution in [2.45, 2.75) is 33.6 Å². The van der Waals surface area contributed by atoms with Gasteiger partial charge in [-0.3, -0.25) is 30.4 Å². The van der Waals surface area contributed by atoms with Crippen molar-refractivity contribution in [3.05, 3.63) is 49.8 Å². The highest BCUT2D eigenvalue weighted by atomic mass is 16.6. The largest absolute Gasteiger partial charge is 0.875 e. The molecule has 0 unspecified atom stereocenters. The highest BCUT2D eigenvalue weighted by Gasteiger charge is 2.30. The van der Waals surface area contributed by atoms with E-state index in [1.165, 1.54) is 6.92 Å². The van der Waals surface area contributed by atoms with Crippen molar-refractivity contribution in [1.29, 1.82) is 0 Å². The van der Waals surface area contributed by atoms with Gasteiger partial charge >= 0.3 is 5.69 Å². The number of benzene rings is 1. The molecule has 10 nitrogen and oxygen atoms in total. The standard InChI is InChI=1S/C16H18N4O6/c1-9(15-13(21)7-16(2,3)8-14(15)22)17-18-11-5-4-10(19(23)24)6-12(11)20(25)26/h4-6,18,21H,7-8H2,1-3H3/p-1. The first-order chi connectivity index (χ1) is 12.0. The molecular weight excluding hydrogens is 344 g/mol. The average Bonchev–Trinajstić information content (AvgIpc) is 2.50. The van der Waals surface area contributed by atoms with E-state index in [0.29, 0.717) is 0 Å². The first-order valence-corrected chi connectivity index (χ1v) is 7.69. The van der Waals surface area contributed by atoms with Gasteiger partial charge in [-0.15, -0.1) is 5.76 Å². The van der Waals surface area contributed by atoms with Crippen molar-refractivity contribution < 1.29 is 19.7 Å². The summed E-state index contributed by atoms with van der Waals surface area (Å²) >= 11 is 0. The zero-order chi connectivity index (χ0) is 19.6. The van der Waals surface area contributed by atoms with Crippen LogP contribution in [0, 0.1) is 25.6 Å². The van der Waals surface area contributed by atoms with Gasteiger partial charge in [0.1, 0.15) is 5.69 Å². The monoisotopic (exact) mass is 361 g/mol. The maximum absolute atomic E-state index is 12.2. The Kier molecular flexibility index (Phi) is 5.05. The Morgan fingerprint density at radius 1 is 1.19 bits per heavy atom. The number of allylic oxidation sites excluding steroid dienone is 2. The van der Waals surface area contributed by atoms with Gasteiger partial charge in [0.2, 0.25) is 0 Å². The van der Waals surface area contributed by atoms with Crippen LogP contribution in [0.4, 0.5) is 17.1 Å². The molecule has 0 spiro atoms. The van der Waals surface area contributed by atoms with Crippen molar-refractivity contribution in [1.82, 2.24) is 0 Å². The van der Waals surface area contributed by atoms with E-state index < -0.39 is 26.6 Å². The molecule has 0 heterocycles. The Balaban J connectivity index is 2.33. The number of hydrazone groups is 1. The molecule has 0 saturated heterocycles. The van der Waals surface area contributed by atoms with Crippen LogP contribution in [0.5, 0.6) is 0 Å². The lowest BCUT2D eigenvalue weighted by Crippen LogP contribution is -2.32. The zero-order valence-electron chi connectivity index (χ0n) is 14.4. The summed E-state index contributed by atoms with van der Waals surface area (Å²) in [6, 6.07) is 3.04. The van der Waals surface area contributed by atoms with Crippen molar-refractivity contribution in [3.8, 4) is 0 Å². The van der Waals surface area contributed by atoms with E-state index in [1.807, 2.05) is 13.8 Å². The van der Waals surface area contributed by atoms with Crippen LogP contribution in [0.2, 0.25) is 0 Å². The number of hydrogen-bond donors (Lipinski definition) is 1. The SMILES string of the molecule is CC(=NNc1ccc([N+](=O)[O-])cc1[N+](=O)[O-])C1=C([O-])CC(C)(C)CC1=O. The van der Waals surface area contributed by atoms with Crippen LogP contribution < -0.4 is 10.5 Å². The van der Waals surface area contributed by atoms with E-state index in [2.05, 4.69) is 10.5 Å². The van der Waals surface area contributed by atoms with Crippen LogP contribution in [0.1, 0.15) is 33.6 Å². The van der Waals surface area contributed by atoms with Crippen molar-refractivity contribution in [2.24, 2.45) is 10.5 Å². The molecule has 0 amide bonds. The minimum atomic E-state index is -0.785. The topological polar surface area (TPSA) is 151 Å². The van der Waals surface area contributed by atoms with Gasteiger partial charge in [-0.2, -0.15) is 5.10 Å². The van der Waals surface area contributed by atoms with Crippen LogP contribution in [0.15, 0.2) is 34.6 Å². The second-order valence-corrected chi connectivity index (χ2v) is 6.76. The summed E-state index contributed by atoms with van der Waals surface area (Å²) in [5.41, 5.74) is 1.03. The fourth-order valence-electron chi connectivity index (χ4n) is 2.75. The molecule has 1 N–H and O–H groups in total. The highest BCUT2D eigenvalue weighted by Crippen LogP contribution is 2.35. The molecule has 0 aliphatic heterocycles.